The van der Waals surface area contributed by atoms with Gasteiger partial charge in [0.05, 0.1) is 12.9 Å². The van der Waals surface area contributed by atoms with Gasteiger partial charge in [0, 0.05) is 5.56 Å². The number of imidazole rings is 1. The Morgan fingerprint density at radius 3 is 2.53 bits per heavy atom. The number of carbonyl (C=O) groups excluding carboxylic acids is 2. The number of rotatable bonds is 7. The highest BCUT2D eigenvalue weighted by atomic mass is 31.2. The minimum Gasteiger partial charge on any atom is -0.388 e. The van der Waals surface area contributed by atoms with Crippen molar-refractivity contribution in [2.45, 2.75) is 24.5 Å². The van der Waals surface area contributed by atoms with Crippen LogP contribution in [0.3, 0.4) is 0 Å². The van der Waals surface area contributed by atoms with Gasteiger partial charge in [-0.1, -0.05) is 18.2 Å². The third kappa shape index (κ3) is 4.67. The Morgan fingerprint density at radius 2 is 1.97 bits per heavy atom. The van der Waals surface area contributed by atoms with Crippen LogP contribution in [0.5, 0.6) is 0 Å². The van der Waals surface area contributed by atoms with Gasteiger partial charge in [0.15, 0.2) is 11.9 Å². The van der Waals surface area contributed by atoms with E-state index in [2.05, 4.69) is 14.8 Å². The molecule has 0 saturated carbocycles. The predicted octanol–water partition coefficient (Wildman–Crippen LogP) is -1.27. The number of hydrogen-bond donors (Lipinski definition) is 6. The number of aliphatic hydroxyl groups excluding tert-OH is 1. The average molecular weight is 441 g/mol. The van der Waals surface area contributed by atoms with Crippen LogP contribution >= 0.6 is 7.82 Å². The highest BCUT2D eigenvalue weighted by molar-refractivity contribution is 7.46. The number of hydrogen-bond acceptors (Lipinski definition) is 8. The topological polar surface area (TPSA) is 212 Å². The summed E-state index contributed by atoms with van der Waals surface area (Å²) in [7, 11) is -4.83. The van der Waals surface area contributed by atoms with E-state index in [1.54, 1.807) is 30.3 Å². The summed E-state index contributed by atoms with van der Waals surface area (Å²) in [4.78, 5) is 45.6. The third-order valence-electron chi connectivity index (χ3n) is 4.45. The zero-order valence-electron chi connectivity index (χ0n) is 15.4. The Balaban J connectivity index is 1.89. The number of nitrogen functional groups attached to an aromatic ring is 1. The summed E-state index contributed by atoms with van der Waals surface area (Å²) in [6, 6.07) is 7.00. The van der Waals surface area contributed by atoms with Gasteiger partial charge in [0.1, 0.15) is 24.1 Å². The second-order valence-corrected chi connectivity index (χ2v) is 7.70. The van der Waals surface area contributed by atoms with Crippen molar-refractivity contribution in [3.8, 4) is 0 Å². The first-order chi connectivity index (χ1) is 14.1. The van der Waals surface area contributed by atoms with Crippen LogP contribution in [0.4, 0.5) is 5.82 Å². The Morgan fingerprint density at radius 1 is 1.30 bits per heavy atom. The van der Waals surface area contributed by atoms with Gasteiger partial charge in [0.25, 0.3) is 11.8 Å². The number of carbonyl (C=O) groups is 2. The van der Waals surface area contributed by atoms with Gasteiger partial charge in [-0.15, -0.1) is 0 Å². The molecule has 162 valence electrons. The summed E-state index contributed by atoms with van der Waals surface area (Å²) in [6.07, 6.45) is -2.70. The molecule has 0 spiro atoms. The van der Waals surface area contributed by atoms with Gasteiger partial charge < -0.3 is 36.4 Å². The molecule has 4 atom stereocenters. The zero-order valence-corrected chi connectivity index (χ0v) is 16.3. The number of ether oxygens (including phenoxy) is 1. The van der Waals surface area contributed by atoms with E-state index < -0.39 is 50.7 Å². The second kappa shape index (κ2) is 8.52. The molecule has 1 aliphatic heterocycles. The van der Waals surface area contributed by atoms with Crippen LogP contribution in [0.25, 0.3) is 0 Å². The molecule has 1 aromatic heterocycles. The molecule has 0 bridgehead atoms. The molecule has 1 aromatic carbocycles. The predicted molar refractivity (Wildman–Crippen MR) is 101 cm³/mol. The van der Waals surface area contributed by atoms with E-state index >= 15 is 0 Å². The van der Waals surface area contributed by atoms with Gasteiger partial charge >= 0.3 is 7.82 Å². The van der Waals surface area contributed by atoms with E-state index in [0.717, 1.165) is 6.33 Å². The number of amides is 2. The molecule has 0 unspecified atom stereocenters. The summed E-state index contributed by atoms with van der Waals surface area (Å²) in [5.74, 6) is -1.61. The number of phosphoric acid groups is 1. The number of phosphoric ester groups is 1. The number of benzene rings is 1. The summed E-state index contributed by atoms with van der Waals surface area (Å²) in [5.41, 5.74) is 11.2. The normalized spacial score (nSPS) is 24.0. The van der Waals surface area contributed by atoms with Crippen LogP contribution < -0.4 is 16.8 Å². The first-order valence-electron chi connectivity index (χ1n) is 8.60. The minimum atomic E-state index is -4.83. The van der Waals surface area contributed by atoms with Crippen molar-refractivity contribution < 1.29 is 38.3 Å². The maximum Gasteiger partial charge on any atom is 0.469 e. The number of nitrogens with zero attached hydrogens (tertiary/aromatic N) is 2. The molecule has 1 fully saturated rings. The lowest BCUT2D eigenvalue weighted by atomic mass is 10.1. The fourth-order valence-corrected chi connectivity index (χ4v) is 3.38. The van der Waals surface area contributed by atoms with Crippen LogP contribution in [-0.4, -0.2) is 61.1 Å². The van der Waals surface area contributed by atoms with Gasteiger partial charge in [-0.3, -0.25) is 18.7 Å². The van der Waals surface area contributed by atoms with Crippen LogP contribution in [0, 0.1) is 0 Å². The van der Waals surface area contributed by atoms with Crippen molar-refractivity contribution in [2.24, 2.45) is 5.73 Å². The highest BCUT2D eigenvalue weighted by Gasteiger charge is 2.47. The average Bonchev–Trinajstić information content (AvgIpc) is 3.21. The fraction of sp³-hybridized carbons (Fsp3) is 0.312. The summed E-state index contributed by atoms with van der Waals surface area (Å²) in [5, 5.41) is 13.2. The smallest absolute Gasteiger partial charge is 0.388 e. The van der Waals surface area contributed by atoms with Crippen LogP contribution in [0.2, 0.25) is 0 Å². The number of aromatic nitrogens is 2. The molecule has 30 heavy (non-hydrogen) atoms. The van der Waals surface area contributed by atoms with Crippen molar-refractivity contribution in [3.63, 3.8) is 0 Å². The Labute approximate surface area is 169 Å². The molecule has 14 heteroatoms. The van der Waals surface area contributed by atoms with Gasteiger partial charge in [-0.05, 0) is 12.1 Å². The third-order valence-corrected chi connectivity index (χ3v) is 4.94. The van der Waals surface area contributed by atoms with Crippen molar-refractivity contribution in [3.05, 3.63) is 47.9 Å². The van der Waals surface area contributed by atoms with Crippen LogP contribution in [0.15, 0.2) is 36.7 Å². The molecule has 0 aliphatic carbocycles. The summed E-state index contributed by atoms with van der Waals surface area (Å²) < 4.78 is 22.2. The van der Waals surface area contributed by atoms with Gasteiger partial charge in [-0.25, -0.2) is 9.55 Å². The first-order valence-corrected chi connectivity index (χ1v) is 10.1. The first kappa shape index (κ1) is 21.9. The van der Waals surface area contributed by atoms with Crippen LogP contribution in [0.1, 0.15) is 27.1 Å². The summed E-state index contributed by atoms with van der Waals surface area (Å²) >= 11 is 0. The van der Waals surface area contributed by atoms with Crippen molar-refractivity contribution in [1.82, 2.24) is 14.9 Å². The Hall–Kier alpha value is -2.80. The van der Waals surface area contributed by atoms with Crippen LogP contribution in [-0.2, 0) is 13.8 Å². The molecule has 2 aromatic rings. The van der Waals surface area contributed by atoms with E-state index in [0.29, 0.717) is 5.56 Å². The number of aliphatic hydroxyl groups is 1. The number of nitrogens with one attached hydrogen (secondary N) is 1. The molecule has 1 aliphatic rings. The lowest BCUT2D eigenvalue weighted by molar-refractivity contribution is -0.0437. The number of nitrogens with two attached hydrogens (primary N) is 2. The largest absolute Gasteiger partial charge is 0.469 e. The fourth-order valence-electron chi connectivity index (χ4n) is 3.04. The van der Waals surface area contributed by atoms with E-state index in [1.807, 2.05) is 0 Å². The second-order valence-electron chi connectivity index (χ2n) is 6.46. The molecule has 13 nitrogen and oxygen atoms in total. The zero-order chi connectivity index (χ0) is 22.1. The molecule has 0 radical (unpaired) electrons. The van der Waals surface area contributed by atoms with Crippen molar-refractivity contribution >= 4 is 25.5 Å². The molecular weight excluding hydrogens is 421 g/mol. The Bertz CT molecular complexity index is 977. The van der Waals surface area contributed by atoms with E-state index in [4.69, 9.17) is 26.0 Å². The van der Waals surface area contributed by atoms with Crippen molar-refractivity contribution in [1.29, 1.82) is 0 Å². The molecule has 2 heterocycles. The standard InChI is InChI=1S/C16H20N5O8P/c17-13-11(14(18)23)19-7-21(13)16-10(20-15(24)8-4-2-1-3-5-8)12(22)9(29-16)6-28-30(25,26)27/h1-5,7,9-10,12,16,22H,6,17H2,(H2,18,23)(H,20,24)(H2,25,26,27)/t9-,10-,12-,16-/m1/s1. The molecule has 1 saturated heterocycles. The number of primary amides is 1. The molecule has 8 N–H and O–H groups in total. The number of anilines is 1. The molecule has 2 amide bonds. The Kier molecular flexibility index (Phi) is 6.22. The van der Waals surface area contributed by atoms with Gasteiger partial charge in [0.2, 0.25) is 0 Å². The van der Waals surface area contributed by atoms with E-state index in [-0.39, 0.29) is 11.5 Å². The van der Waals surface area contributed by atoms with E-state index in [1.165, 1.54) is 4.57 Å². The quantitative estimate of drug-likeness (QED) is 0.280. The summed E-state index contributed by atoms with van der Waals surface area (Å²) in [6.45, 7) is -0.670. The maximum atomic E-state index is 12.6. The molecular formula is C16H20N5O8P. The minimum absolute atomic E-state index is 0.171. The monoisotopic (exact) mass is 441 g/mol. The van der Waals surface area contributed by atoms with E-state index in [9.17, 15) is 19.3 Å². The highest BCUT2D eigenvalue weighted by Crippen LogP contribution is 2.39. The SMILES string of the molecule is NC(=O)c1ncn([C@@H]2O[C@H](COP(=O)(O)O)[C@@H](O)[C@H]2NC(=O)c2ccccc2)c1N. The van der Waals surface area contributed by atoms with Crippen molar-refractivity contribution in [2.75, 3.05) is 12.3 Å². The molecule has 3 rings (SSSR count). The lowest BCUT2D eigenvalue weighted by Gasteiger charge is -2.23. The van der Waals surface area contributed by atoms with Gasteiger partial charge in [-0.2, -0.15) is 0 Å². The lowest BCUT2D eigenvalue weighted by Crippen LogP contribution is -2.47. The maximum absolute atomic E-state index is 12.6.